The van der Waals surface area contributed by atoms with Crippen molar-refractivity contribution in [1.82, 2.24) is 14.8 Å². The number of H-pyrrole nitrogens is 1. The van der Waals surface area contributed by atoms with Gasteiger partial charge in [0.05, 0.1) is 0 Å². The highest BCUT2D eigenvalue weighted by Gasteiger charge is 2.07. The Morgan fingerprint density at radius 3 is 2.77 bits per heavy atom. The van der Waals surface area contributed by atoms with Crippen LogP contribution >= 0.6 is 12.2 Å². The summed E-state index contributed by atoms with van der Waals surface area (Å²) in [6, 6.07) is 0. The van der Waals surface area contributed by atoms with Crippen molar-refractivity contribution in [1.29, 1.82) is 0 Å². The first kappa shape index (κ1) is 10.2. The van der Waals surface area contributed by atoms with Crippen LogP contribution in [0, 0.1) is 4.77 Å². The lowest BCUT2D eigenvalue weighted by molar-refractivity contribution is 0.711. The summed E-state index contributed by atoms with van der Waals surface area (Å²) in [6.07, 6.45) is 1.11. The molecule has 0 saturated carbocycles. The van der Waals surface area contributed by atoms with E-state index in [1.807, 2.05) is 11.6 Å². The Labute approximate surface area is 83.6 Å². The molecule has 5 heteroatoms. The van der Waals surface area contributed by atoms with Gasteiger partial charge in [-0.25, -0.2) is 5.10 Å². The minimum Gasteiger partial charge on any atom is -0.344 e. The predicted octanol–water partition coefficient (Wildman–Crippen LogP) is 1.81. The normalized spacial score (nSPS) is 10.4. The number of aromatic amines is 1. The van der Waals surface area contributed by atoms with Crippen LogP contribution in [0.2, 0.25) is 0 Å². The molecule has 0 fully saturated rings. The molecule has 1 rings (SSSR count). The molecule has 0 aliphatic heterocycles. The van der Waals surface area contributed by atoms with Crippen LogP contribution in [0.4, 0.5) is 5.95 Å². The fourth-order valence-electron chi connectivity index (χ4n) is 1.32. The summed E-state index contributed by atoms with van der Waals surface area (Å²) in [6.45, 7) is 6.07. The van der Waals surface area contributed by atoms with Gasteiger partial charge in [0.25, 0.3) is 0 Å². The van der Waals surface area contributed by atoms with Crippen molar-refractivity contribution in [3.05, 3.63) is 4.77 Å². The molecule has 0 atom stereocenters. The van der Waals surface area contributed by atoms with Crippen LogP contribution < -0.4 is 4.90 Å². The fraction of sp³-hybridized carbons (Fsp3) is 0.750. The van der Waals surface area contributed by atoms with E-state index in [2.05, 4.69) is 28.9 Å². The van der Waals surface area contributed by atoms with Crippen molar-refractivity contribution in [2.24, 2.45) is 0 Å². The van der Waals surface area contributed by atoms with E-state index >= 15 is 0 Å². The Balaban J connectivity index is 2.93. The summed E-state index contributed by atoms with van der Waals surface area (Å²) < 4.78 is 2.69. The van der Waals surface area contributed by atoms with Gasteiger partial charge >= 0.3 is 0 Å². The summed E-state index contributed by atoms with van der Waals surface area (Å²) in [5.41, 5.74) is 0. The van der Waals surface area contributed by atoms with E-state index in [-0.39, 0.29) is 0 Å². The van der Waals surface area contributed by atoms with Gasteiger partial charge in [-0.15, -0.1) is 5.10 Å². The number of hydrogen-bond donors (Lipinski definition) is 1. The number of rotatable bonds is 4. The van der Waals surface area contributed by atoms with Crippen molar-refractivity contribution in [2.75, 3.05) is 18.5 Å². The minimum atomic E-state index is 0.695. The Hall–Kier alpha value is -0.840. The molecule has 0 aliphatic carbocycles. The van der Waals surface area contributed by atoms with Crippen LogP contribution in [-0.2, 0) is 6.54 Å². The molecule has 0 amide bonds. The molecular formula is C8H16N4S. The Morgan fingerprint density at radius 2 is 2.23 bits per heavy atom. The maximum atomic E-state index is 5.09. The molecule has 4 nitrogen and oxygen atoms in total. The van der Waals surface area contributed by atoms with Gasteiger partial charge in [-0.05, 0) is 25.6 Å². The van der Waals surface area contributed by atoms with Gasteiger partial charge in [-0.1, -0.05) is 6.92 Å². The van der Waals surface area contributed by atoms with Gasteiger partial charge in [0.15, 0.2) is 4.77 Å². The zero-order valence-corrected chi connectivity index (χ0v) is 9.19. The van der Waals surface area contributed by atoms with Gasteiger partial charge in [0.2, 0.25) is 5.95 Å². The number of hydrogen-bond acceptors (Lipinski definition) is 3. The molecule has 1 N–H and O–H groups in total. The van der Waals surface area contributed by atoms with E-state index in [0.717, 1.165) is 25.5 Å². The molecule has 1 heterocycles. The van der Waals surface area contributed by atoms with Crippen molar-refractivity contribution >= 4 is 18.2 Å². The average molecular weight is 200 g/mol. The lowest BCUT2D eigenvalue weighted by atomic mass is 10.4. The van der Waals surface area contributed by atoms with Gasteiger partial charge in [-0.2, -0.15) is 0 Å². The van der Waals surface area contributed by atoms with E-state index < -0.39 is 0 Å². The third-order valence-corrected chi connectivity index (χ3v) is 2.27. The second-order valence-electron chi connectivity index (χ2n) is 2.99. The molecule has 0 unspecified atom stereocenters. The SMILES string of the molecule is CCCN(C)c1n[nH]c(=S)n1CC. The first-order valence-corrected chi connectivity index (χ1v) is 4.97. The first-order chi connectivity index (χ1) is 6.20. The summed E-state index contributed by atoms with van der Waals surface area (Å²) in [4.78, 5) is 2.11. The highest BCUT2D eigenvalue weighted by atomic mass is 32.1. The lowest BCUT2D eigenvalue weighted by Gasteiger charge is -2.16. The second-order valence-corrected chi connectivity index (χ2v) is 3.38. The maximum Gasteiger partial charge on any atom is 0.225 e. The number of nitrogens with zero attached hydrogens (tertiary/aromatic N) is 3. The summed E-state index contributed by atoms with van der Waals surface area (Å²) in [7, 11) is 2.03. The van der Waals surface area contributed by atoms with Crippen LogP contribution in [0.5, 0.6) is 0 Å². The van der Waals surface area contributed by atoms with Gasteiger partial charge < -0.3 is 4.90 Å². The van der Waals surface area contributed by atoms with Crippen LogP contribution in [0.1, 0.15) is 20.3 Å². The zero-order chi connectivity index (χ0) is 9.84. The average Bonchev–Trinajstić information content (AvgIpc) is 2.47. The molecule has 13 heavy (non-hydrogen) atoms. The summed E-state index contributed by atoms with van der Waals surface area (Å²) in [5.74, 6) is 0.925. The van der Waals surface area contributed by atoms with Crippen molar-refractivity contribution < 1.29 is 0 Å². The molecule has 0 bridgehead atoms. The second kappa shape index (κ2) is 4.41. The van der Waals surface area contributed by atoms with Crippen LogP contribution in [0.3, 0.4) is 0 Å². The molecule has 1 aromatic rings. The molecule has 74 valence electrons. The smallest absolute Gasteiger partial charge is 0.225 e. The summed E-state index contributed by atoms with van der Waals surface area (Å²) >= 11 is 5.09. The van der Waals surface area contributed by atoms with Crippen molar-refractivity contribution in [2.45, 2.75) is 26.8 Å². The van der Waals surface area contributed by atoms with Gasteiger partial charge in [0, 0.05) is 20.1 Å². The van der Waals surface area contributed by atoms with Crippen LogP contribution in [0.15, 0.2) is 0 Å². The van der Waals surface area contributed by atoms with E-state index in [9.17, 15) is 0 Å². The van der Waals surface area contributed by atoms with E-state index in [4.69, 9.17) is 12.2 Å². The monoisotopic (exact) mass is 200 g/mol. The molecular weight excluding hydrogens is 184 g/mol. The number of aromatic nitrogens is 3. The van der Waals surface area contributed by atoms with E-state index in [0.29, 0.717) is 4.77 Å². The molecule has 1 aromatic heterocycles. The maximum absolute atomic E-state index is 5.09. The largest absolute Gasteiger partial charge is 0.344 e. The van der Waals surface area contributed by atoms with Gasteiger partial charge in [0.1, 0.15) is 0 Å². The third-order valence-electron chi connectivity index (χ3n) is 1.95. The van der Waals surface area contributed by atoms with Crippen LogP contribution in [0.25, 0.3) is 0 Å². The number of anilines is 1. The lowest BCUT2D eigenvalue weighted by Crippen LogP contribution is -2.21. The Bertz CT molecular complexity index is 314. The Kier molecular flexibility index (Phi) is 3.48. The first-order valence-electron chi connectivity index (χ1n) is 4.57. The molecule has 0 radical (unpaired) electrons. The van der Waals surface area contributed by atoms with Crippen molar-refractivity contribution in [3.63, 3.8) is 0 Å². The molecule has 0 aromatic carbocycles. The number of nitrogens with one attached hydrogen (secondary N) is 1. The van der Waals surface area contributed by atoms with E-state index in [1.165, 1.54) is 0 Å². The quantitative estimate of drug-likeness (QED) is 0.753. The third kappa shape index (κ3) is 2.09. The standard InChI is InChI=1S/C8H16N4S/c1-4-6-11(3)7-9-10-8(13)12(7)5-2/h4-6H2,1-3H3,(H,10,13). The molecule has 0 saturated heterocycles. The Morgan fingerprint density at radius 1 is 1.54 bits per heavy atom. The highest BCUT2D eigenvalue weighted by Crippen LogP contribution is 2.09. The topological polar surface area (TPSA) is 36.9 Å². The summed E-state index contributed by atoms with van der Waals surface area (Å²) in [5, 5.41) is 6.98. The van der Waals surface area contributed by atoms with Crippen molar-refractivity contribution in [3.8, 4) is 0 Å². The fourth-order valence-corrected chi connectivity index (χ4v) is 1.58. The minimum absolute atomic E-state index is 0.695. The van der Waals surface area contributed by atoms with E-state index in [1.54, 1.807) is 0 Å². The predicted molar refractivity (Wildman–Crippen MR) is 56.6 cm³/mol. The highest BCUT2D eigenvalue weighted by molar-refractivity contribution is 7.71. The van der Waals surface area contributed by atoms with Gasteiger partial charge in [-0.3, -0.25) is 4.57 Å². The molecule has 0 aliphatic rings. The zero-order valence-electron chi connectivity index (χ0n) is 8.37. The van der Waals surface area contributed by atoms with Crippen LogP contribution in [-0.4, -0.2) is 28.4 Å². The molecule has 0 spiro atoms.